The fourth-order valence-corrected chi connectivity index (χ4v) is 3.37. The Morgan fingerprint density at radius 3 is 2.17 bits per heavy atom. The van der Waals surface area contributed by atoms with Crippen molar-refractivity contribution in [2.24, 2.45) is 0 Å². The summed E-state index contributed by atoms with van der Waals surface area (Å²) < 4.78 is 11.2. The molecule has 1 N–H and O–H groups in total. The minimum absolute atomic E-state index is 0.330. The summed E-state index contributed by atoms with van der Waals surface area (Å²) in [6.07, 6.45) is 4.05. The fourth-order valence-electron chi connectivity index (χ4n) is 2.62. The molecule has 0 radical (unpaired) electrons. The zero-order valence-electron chi connectivity index (χ0n) is 13.7. The number of carbonyl (C=O) groups is 1. The molecule has 0 aromatic heterocycles. The van der Waals surface area contributed by atoms with Crippen LogP contribution in [0.5, 0.6) is 11.5 Å². The lowest BCUT2D eigenvalue weighted by molar-refractivity contribution is -0.132. The topological polar surface area (TPSA) is 55.8 Å². The summed E-state index contributed by atoms with van der Waals surface area (Å²) in [5.41, 5.74) is 1.07. The molecule has 0 unspecified atom stereocenters. The van der Waals surface area contributed by atoms with Crippen LogP contribution in [0.4, 0.5) is 0 Å². The van der Waals surface area contributed by atoms with E-state index < -0.39 is 5.97 Å². The largest absolute Gasteiger partial charge is 0.495 e. The van der Waals surface area contributed by atoms with Gasteiger partial charge in [0.25, 0.3) is 0 Å². The van der Waals surface area contributed by atoms with E-state index in [0.717, 1.165) is 27.0 Å². The van der Waals surface area contributed by atoms with Crippen molar-refractivity contribution < 1.29 is 19.4 Å². The first-order chi connectivity index (χ1) is 11.1. The predicted octanol–water partition coefficient (Wildman–Crippen LogP) is 4.46. The van der Waals surface area contributed by atoms with Gasteiger partial charge in [-0.2, -0.15) is 0 Å². The van der Waals surface area contributed by atoms with Crippen LogP contribution in [0.25, 0.3) is 16.8 Å². The molecule has 0 atom stereocenters. The van der Waals surface area contributed by atoms with E-state index in [4.69, 9.17) is 9.47 Å². The van der Waals surface area contributed by atoms with Crippen LogP contribution < -0.4 is 9.47 Å². The van der Waals surface area contributed by atoms with E-state index in [2.05, 4.69) is 0 Å². The third-order valence-corrected chi connectivity index (χ3v) is 4.51. The van der Waals surface area contributed by atoms with Crippen molar-refractivity contribution in [3.05, 3.63) is 35.4 Å². The number of methoxy groups -OCH3 is 2. The molecule has 4 nitrogen and oxygen atoms in total. The van der Waals surface area contributed by atoms with Crippen molar-refractivity contribution in [3.8, 4) is 11.5 Å². The molecule has 122 valence electrons. The molecule has 0 aliphatic rings. The van der Waals surface area contributed by atoms with Crippen molar-refractivity contribution in [1.29, 1.82) is 0 Å². The van der Waals surface area contributed by atoms with Gasteiger partial charge in [0.2, 0.25) is 0 Å². The van der Waals surface area contributed by atoms with Crippen molar-refractivity contribution in [2.45, 2.75) is 18.2 Å². The second-order valence-corrected chi connectivity index (χ2v) is 5.70. The molecular formula is C18H20O4S. The number of thioether (sulfide) groups is 1. The normalized spacial score (nSPS) is 11.6. The van der Waals surface area contributed by atoms with E-state index >= 15 is 0 Å². The Hall–Kier alpha value is -2.14. The lowest BCUT2D eigenvalue weighted by atomic mass is 10.0. The molecule has 0 saturated carbocycles. The van der Waals surface area contributed by atoms with E-state index in [1.54, 1.807) is 20.3 Å². The maximum Gasteiger partial charge on any atom is 0.331 e. The number of hydrogen-bond donors (Lipinski definition) is 1. The van der Waals surface area contributed by atoms with Gasteiger partial charge in [0.15, 0.2) is 0 Å². The third kappa shape index (κ3) is 3.15. The summed E-state index contributed by atoms with van der Waals surface area (Å²) in [6.45, 7) is 1.82. The van der Waals surface area contributed by atoms with Gasteiger partial charge in [-0.15, -0.1) is 11.8 Å². The number of fused-ring (bicyclic) bond motifs is 1. The Labute approximate surface area is 140 Å². The van der Waals surface area contributed by atoms with Gasteiger partial charge in [-0.05, 0) is 18.8 Å². The van der Waals surface area contributed by atoms with E-state index in [0.29, 0.717) is 17.7 Å². The fraction of sp³-hybridized carbons (Fsp3) is 0.278. The van der Waals surface area contributed by atoms with Gasteiger partial charge in [-0.3, -0.25) is 0 Å². The second-order valence-electron chi connectivity index (χ2n) is 4.89. The zero-order valence-corrected chi connectivity index (χ0v) is 14.5. The highest BCUT2D eigenvalue weighted by atomic mass is 32.2. The third-order valence-electron chi connectivity index (χ3n) is 3.70. The van der Waals surface area contributed by atoms with Crippen LogP contribution in [-0.2, 0) is 4.79 Å². The first-order valence-electron chi connectivity index (χ1n) is 7.23. The summed E-state index contributed by atoms with van der Waals surface area (Å²) in [5, 5.41) is 11.2. The molecule has 0 spiro atoms. The van der Waals surface area contributed by atoms with E-state index in [1.807, 2.05) is 37.4 Å². The maximum atomic E-state index is 11.4. The molecule has 0 heterocycles. The Balaban J connectivity index is 2.94. The smallest absolute Gasteiger partial charge is 0.331 e. The minimum Gasteiger partial charge on any atom is -0.495 e. The van der Waals surface area contributed by atoms with Crippen LogP contribution in [0.1, 0.15) is 18.9 Å². The Morgan fingerprint density at radius 2 is 1.74 bits per heavy atom. The van der Waals surface area contributed by atoms with Gasteiger partial charge in [-0.25, -0.2) is 4.79 Å². The number of aliphatic carboxylic acids is 1. The summed E-state index contributed by atoms with van der Waals surface area (Å²) in [7, 11) is 3.22. The van der Waals surface area contributed by atoms with Gasteiger partial charge in [0.1, 0.15) is 11.5 Å². The van der Waals surface area contributed by atoms with Gasteiger partial charge >= 0.3 is 5.97 Å². The van der Waals surface area contributed by atoms with Gasteiger partial charge in [0, 0.05) is 21.9 Å². The Bertz CT molecular complexity index is 765. The van der Waals surface area contributed by atoms with E-state index in [1.165, 1.54) is 11.8 Å². The molecule has 5 heteroatoms. The van der Waals surface area contributed by atoms with Crippen LogP contribution in [0.15, 0.2) is 34.7 Å². The predicted molar refractivity (Wildman–Crippen MR) is 94.7 cm³/mol. The monoisotopic (exact) mass is 332 g/mol. The van der Waals surface area contributed by atoms with Crippen molar-refractivity contribution in [3.63, 3.8) is 0 Å². The molecule has 0 fully saturated rings. The number of benzene rings is 2. The SMILES string of the molecule is CC/C(=C/c1c(SC)c(OC)c2ccccc2c1OC)C(=O)O. The van der Waals surface area contributed by atoms with Crippen molar-refractivity contribution in [2.75, 3.05) is 20.5 Å². The highest BCUT2D eigenvalue weighted by Gasteiger charge is 2.20. The number of carboxylic acids is 1. The number of carboxylic acid groups (broad SMARTS) is 1. The molecule has 0 amide bonds. The summed E-state index contributed by atoms with van der Waals surface area (Å²) in [6, 6.07) is 7.79. The van der Waals surface area contributed by atoms with Gasteiger partial charge in [-0.1, -0.05) is 31.2 Å². The summed E-state index contributed by atoms with van der Waals surface area (Å²) >= 11 is 1.51. The van der Waals surface area contributed by atoms with Crippen LogP contribution in [0.3, 0.4) is 0 Å². The number of hydrogen-bond acceptors (Lipinski definition) is 4. The average Bonchev–Trinajstić information content (AvgIpc) is 2.57. The molecule has 2 aromatic rings. The second kappa shape index (κ2) is 7.42. The molecular weight excluding hydrogens is 312 g/mol. The number of ether oxygens (including phenoxy) is 2. The zero-order chi connectivity index (χ0) is 17.0. The van der Waals surface area contributed by atoms with Crippen molar-refractivity contribution in [1.82, 2.24) is 0 Å². The highest BCUT2D eigenvalue weighted by Crippen LogP contribution is 2.45. The highest BCUT2D eigenvalue weighted by molar-refractivity contribution is 7.98. The Kier molecular flexibility index (Phi) is 5.55. The lowest BCUT2D eigenvalue weighted by Crippen LogP contribution is -2.01. The first kappa shape index (κ1) is 17.2. The summed E-state index contributed by atoms with van der Waals surface area (Å²) in [5.74, 6) is 0.479. The van der Waals surface area contributed by atoms with Crippen LogP contribution >= 0.6 is 11.8 Å². The lowest BCUT2D eigenvalue weighted by Gasteiger charge is -2.18. The maximum absolute atomic E-state index is 11.4. The van der Waals surface area contributed by atoms with E-state index in [9.17, 15) is 9.90 Å². The van der Waals surface area contributed by atoms with Crippen molar-refractivity contribution >= 4 is 34.6 Å². The molecule has 2 aromatic carbocycles. The van der Waals surface area contributed by atoms with Crippen LogP contribution in [-0.4, -0.2) is 31.6 Å². The molecule has 0 saturated heterocycles. The molecule has 0 aliphatic heterocycles. The Morgan fingerprint density at radius 1 is 1.17 bits per heavy atom. The quantitative estimate of drug-likeness (QED) is 0.625. The van der Waals surface area contributed by atoms with Crippen LogP contribution in [0.2, 0.25) is 0 Å². The number of rotatable bonds is 6. The standard InChI is InChI=1S/C18H20O4S/c1-5-11(18(19)20)10-14-15(21-2)12-8-6-7-9-13(12)16(22-3)17(14)23-4/h6-10H,5H2,1-4H3,(H,19,20)/b11-10-. The summed E-state index contributed by atoms with van der Waals surface area (Å²) in [4.78, 5) is 12.3. The molecule has 23 heavy (non-hydrogen) atoms. The molecule has 0 aliphatic carbocycles. The molecule has 2 rings (SSSR count). The first-order valence-corrected chi connectivity index (χ1v) is 8.45. The minimum atomic E-state index is -0.922. The van der Waals surface area contributed by atoms with Gasteiger partial charge < -0.3 is 14.6 Å². The van der Waals surface area contributed by atoms with E-state index in [-0.39, 0.29) is 0 Å². The average molecular weight is 332 g/mol. The molecule has 0 bridgehead atoms. The van der Waals surface area contributed by atoms with Crippen LogP contribution in [0, 0.1) is 0 Å². The van der Waals surface area contributed by atoms with Gasteiger partial charge in [0.05, 0.1) is 19.1 Å².